The summed E-state index contributed by atoms with van der Waals surface area (Å²) in [7, 11) is 0. The van der Waals surface area contributed by atoms with Crippen LogP contribution >= 0.6 is 0 Å². The molecule has 0 saturated carbocycles. The van der Waals surface area contributed by atoms with E-state index in [0.29, 0.717) is 16.9 Å². The van der Waals surface area contributed by atoms with Gasteiger partial charge in [0, 0.05) is 18.7 Å². The highest BCUT2D eigenvalue weighted by Gasteiger charge is 2.36. The van der Waals surface area contributed by atoms with Crippen LogP contribution in [0, 0.1) is 19.8 Å². The first-order valence-corrected chi connectivity index (χ1v) is 9.35. The molecule has 1 atom stereocenters. The van der Waals surface area contributed by atoms with Crippen LogP contribution in [0.2, 0.25) is 0 Å². The largest absolute Gasteiger partial charge is 0.462 e. The van der Waals surface area contributed by atoms with Crippen LogP contribution in [0.15, 0.2) is 42.5 Å². The number of carbonyl (C=O) groups excluding carboxylic acids is 3. The monoisotopic (exact) mass is 380 g/mol. The summed E-state index contributed by atoms with van der Waals surface area (Å²) < 4.78 is 5.08. The lowest BCUT2D eigenvalue weighted by atomic mass is 10.1. The molecule has 2 amide bonds. The van der Waals surface area contributed by atoms with Gasteiger partial charge in [-0.1, -0.05) is 18.2 Å². The number of hydrogen-bond donors (Lipinski definition) is 1. The first kappa shape index (κ1) is 19.6. The number of benzene rings is 2. The molecule has 2 aromatic rings. The fraction of sp³-hybridized carbons (Fsp3) is 0.318. The number of anilines is 2. The van der Waals surface area contributed by atoms with Crippen molar-refractivity contribution in [3.05, 3.63) is 59.2 Å². The summed E-state index contributed by atoms with van der Waals surface area (Å²) in [5.41, 5.74) is 3.76. The number of aryl methyl sites for hydroxylation is 2. The summed E-state index contributed by atoms with van der Waals surface area (Å²) in [6.07, 6.45) is 0.105. The van der Waals surface area contributed by atoms with E-state index in [2.05, 4.69) is 5.32 Å². The SMILES string of the molecule is CCOC(=O)c1ccccc1N1CC(C(=O)Nc2ccc(C)c(C)c2)CC1=O. The minimum atomic E-state index is -0.482. The molecule has 1 N–H and O–H groups in total. The lowest BCUT2D eigenvalue weighted by Gasteiger charge is -2.19. The molecule has 0 aliphatic carbocycles. The van der Waals surface area contributed by atoms with Crippen molar-refractivity contribution in [2.75, 3.05) is 23.4 Å². The van der Waals surface area contributed by atoms with E-state index in [0.717, 1.165) is 11.1 Å². The average Bonchev–Trinajstić information content (AvgIpc) is 3.06. The molecule has 1 unspecified atom stereocenters. The van der Waals surface area contributed by atoms with Gasteiger partial charge in [-0.25, -0.2) is 4.79 Å². The van der Waals surface area contributed by atoms with Crippen molar-refractivity contribution >= 4 is 29.2 Å². The Kier molecular flexibility index (Phi) is 5.78. The Balaban J connectivity index is 1.76. The predicted octanol–water partition coefficient (Wildman–Crippen LogP) is 3.47. The normalized spacial score (nSPS) is 16.2. The molecule has 1 fully saturated rings. The molecular formula is C22H24N2O4. The fourth-order valence-corrected chi connectivity index (χ4v) is 3.27. The Bertz CT molecular complexity index is 923. The quantitative estimate of drug-likeness (QED) is 0.806. The Labute approximate surface area is 164 Å². The zero-order valence-corrected chi connectivity index (χ0v) is 16.3. The van der Waals surface area contributed by atoms with Crippen LogP contribution in [0.25, 0.3) is 0 Å². The number of hydrogen-bond acceptors (Lipinski definition) is 4. The maximum absolute atomic E-state index is 12.7. The Hall–Kier alpha value is -3.15. The molecule has 6 heteroatoms. The lowest BCUT2D eigenvalue weighted by molar-refractivity contribution is -0.122. The van der Waals surface area contributed by atoms with Gasteiger partial charge in [-0.3, -0.25) is 9.59 Å². The van der Waals surface area contributed by atoms with Gasteiger partial charge in [0.05, 0.1) is 23.8 Å². The fourth-order valence-electron chi connectivity index (χ4n) is 3.27. The van der Waals surface area contributed by atoms with Gasteiger partial charge in [0.2, 0.25) is 11.8 Å². The molecule has 0 spiro atoms. The minimum absolute atomic E-state index is 0.105. The molecular weight excluding hydrogens is 356 g/mol. The predicted molar refractivity (Wildman–Crippen MR) is 107 cm³/mol. The van der Waals surface area contributed by atoms with E-state index in [-0.39, 0.29) is 31.4 Å². The third-order valence-corrected chi connectivity index (χ3v) is 4.96. The third kappa shape index (κ3) is 4.06. The molecule has 1 aliphatic heterocycles. The number of nitrogens with zero attached hydrogens (tertiary/aromatic N) is 1. The molecule has 146 valence electrons. The highest BCUT2D eigenvalue weighted by Crippen LogP contribution is 2.29. The van der Waals surface area contributed by atoms with Gasteiger partial charge in [-0.2, -0.15) is 0 Å². The van der Waals surface area contributed by atoms with Crippen LogP contribution in [0.1, 0.15) is 34.8 Å². The summed E-state index contributed by atoms with van der Waals surface area (Å²) in [6.45, 7) is 6.20. The summed E-state index contributed by atoms with van der Waals surface area (Å²) in [5, 5.41) is 2.89. The number of nitrogens with one attached hydrogen (secondary N) is 1. The molecule has 28 heavy (non-hydrogen) atoms. The van der Waals surface area contributed by atoms with Crippen molar-refractivity contribution in [1.82, 2.24) is 0 Å². The van der Waals surface area contributed by atoms with Crippen LogP contribution in [-0.4, -0.2) is 30.9 Å². The second-order valence-corrected chi connectivity index (χ2v) is 6.93. The van der Waals surface area contributed by atoms with Gasteiger partial charge in [-0.05, 0) is 56.2 Å². The zero-order chi connectivity index (χ0) is 20.3. The number of para-hydroxylation sites is 1. The standard InChI is InChI=1S/C22H24N2O4/c1-4-28-22(27)18-7-5-6-8-19(18)24-13-16(12-20(24)25)21(26)23-17-10-9-14(2)15(3)11-17/h5-11,16H,4,12-13H2,1-3H3,(H,23,26). The van der Waals surface area contributed by atoms with E-state index < -0.39 is 11.9 Å². The third-order valence-electron chi connectivity index (χ3n) is 4.96. The molecule has 6 nitrogen and oxygen atoms in total. The number of ether oxygens (including phenoxy) is 1. The molecule has 1 saturated heterocycles. The number of rotatable bonds is 5. The Morgan fingerprint density at radius 3 is 2.61 bits per heavy atom. The van der Waals surface area contributed by atoms with Gasteiger partial charge in [0.1, 0.15) is 0 Å². The molecule has 1 heterocycles. The van der Waals surface area contributed by atoms with E-state index in [4.69, 9.17) is 4.74 Å². The number of carbonyl (C=O) groups is 3. The molecule has 0 bridgehead atoms. The molecule has 0 radical (unpaired) electrons. The van der Waals surface area contributed by atoms with Gasteiger partial charge in [0.25, 0.3) is 0 Å². The maximum Gasteiger partial charge on any atom is 0.340 e. The van der Waals surface area contributed by atoms with Crippen molar-refractivity contribution < 1.29 is 19.1 Å². The van der Waals surface area contributed by atoms with Crippen molar-refractivity contribution in [2.24, 2.45) is 5.92 Å². The lowest BCUT2D eigenvalue weighted by Crippen LogP contribution is -2.29. The van der Waals surface area contributed by atoms with E-state index in [1.807, 2.05) is 32.0 Å². The van der Waals surface area contributed by atoms with Gasteiger partial charge >= 0.3 is 5.97 Å². The Morgan fingerprint density at radius 2 is 1.89 bits per heavy atom. The van der Waals surface area contributed by atoms with Gasteiger partial charge < -0.3 is 15.0 Å². The topological polar surface area (TPSA) is 75.7 Å². The van der Waals surface area contributed by atoms with Crippen molar-refractivity contribution in [2.45, 2.75) is 27.2 Å². The highest BCUT2D eigenvalue weighted by atomic mass is 16.5. The van der Waals surface area contributed by atoms with E-state index in [1.54, 1.807) is 31.2 Å². The highest BCUT2D eigenvalue weighted by molar-refractivity contribution is 6.07. The number of esters is 1. The van der Waals surface area contributed by atoms with Crippen LogP contribution in [0.5, 0.6) is 0 Å². The average molecular weight is 380 g/mol. The van der Waals surface area contributed by atoms with Crippen LogP contribution in [-0.2, 0) is 14.3 Å². The second-order valence-electron chi connectivity index (χ2n) is 6.93. The molecule has 1 aliphatic rings. The minimum Gasteiger partial charge on any atom is -0.462 e. The van der Waals surface area contributed by atoms with E-state index in [9.17, 15) is 14.4 Å². The van der Waals surface area contributed by atoms with Crippen LogP contribution in [0.4, 0.5) is 11.4 Å². The van der Waals surface area contributed by atoms with Crippen molar-refractivity contribution in [3.8, 4) is 0 Å². The molecule has 0 aromatic heterocycles. The molecule has 2 aromatic carbocycles. The summed E-state index contributed by atoms with van der Waals surface area (Å²) in [5.74, 6) is -1.34. The summed E-state index contributed by atoms with van der Waals surface area (Å²) in [4.78, 5) is 38.9. The molecule has 3 rings (SSSR count). The van der Waals surface area contributed by atoms with Crippen molar-refractivity contribution in [1.29, 1.82) is 0 Å². The second kappa shape index (κ2) is 8.25. The van der Waals surface area contributed by atoms with Crippen molar-refractivity contribution in [3.63, 3.8) is 0 Å². The number of amides is 2. The van der Waals surface area contributed by atoms with Crippen LogP contribution < -0.4 is 10.2 Å². The maximum atomic E-state index is 12.7. The summed E-state index contributed by atoms with van der Waals surface area (Å²) in [6, 6.07) is 12.5. The zero-order valence-electron chi connectivity index (χ0n) is 16.3. The smallest absolute Gasteiger partial charge is 0.340 e. The first-order chi connectivity index (χ1) is 13.4. The first-order valence-electron chi connectivity index (χ1n) is 9.35. The van der Waals surface area contributed by atoms with Gasteiger partial charge in [-0.15, -0.1) is 0 Å². The van der Waals surface area contributed by atoms with Gasteiger partial charge in [0.15, 0.2) is 0 Å². The van der Waals surface area contributed by atoms with E-state index >= 15 is 0 Å². The summed E-state index contributed by atoms with van der Waals surface area (Å²) >= 11 is 0. The van der Waals surface area contributed by atoms with E-state index in [1.165, 1.54) is 4.90 Å². The Morgan fingerprint density at radius 1 is 1.14 bits per heavy atom. The van der Waals surface area contributed by atoms with Crippen LogP contribution in [0.3, 0.4) is 0 Å².